The van der Waals surface area contributed by atoms with Gasteiger partial charge in [0.15, 0.2) is 11.6 Å². The largest absolute Gasteiger partial charge is 0.486 e. The second kappa shape index (κ2) is 9.21. The molecule has 3 rings (SSSR count). The maximum Gasteiger partial charge on any atom is 0.208 e. The molecule has 0 amide bonds. The number of ether oxygens (including phenoxy) is 1. The molecule has 0 saturated carbocycles. The van der Waals surface area contributed by atoms with Crippen molar-refractivity contribution >= 4 is 40.5 Å². The SMILES string of the molecule is Cc1cc(OCc2nc(SCCCC(=O)c3cccs3)n[nH]2)ccc1Cl. The van der Waals surface area contributed by atoms with Crippen LogP contribution in [0.5, 0.6) is 5.75 Å². The first kappa shape index (κ1) is 18.9. The van der Waals surface area contributed by atoms with Crippen LogP contribution >= 0.6 is 34.7 Å². The Balaban J connectivity index is 1.40. The lowest BCUT2D eigenvalue weighted by molar-refractivity contribution is 0.0986. The Bertz CT molecular complexity index is 865. The van der Waals surface area contributed by atoms with Crippen molar-refractivity contribution in [3.05, 3.63) is 57.0 Å². The van der Waals surface area contributed by atoms with E-state index in [1.165, 1.54) is 23.1 Å². The zero-order chi connectivity index (χ0) is 18.4. The Morgan fingerprint density at radius 1 is 1.38 bits per heavy atom. The highest BCUT2D eigenvalue weighted by Gasteiger charge is 2.08. The molecule has 0 radical (unpaired) electrons. The Labute approximate surface area is 165 Å². The minimum atomic E-state index is 0.197. The van der Waals surface area contributed by atoms with Gasteiger partial charge in [-0.05, 0) is 48.6 Å². The quantitative estimate of drug-likeness (QED) is 0.301. The number of H-pyrrole nitrogens is 1. The molecule has 2 aromatic heterocycles. The molecule has 5 nitrogen and oxygen atoms in total. The van der Waals surface area contributed by atoms with E-state index in [9.17, 15) is 4.79 Å². The molecule has 0 spiro atoms. The van der Waals surface area contributed by atoms with Crippen molar-refractivity contribution in [3.63, 3.8) is 0 Å². The average Bonchev–Trinajstić information content (AvgIpc) is 3.31. The van der Waals surface area contributed by atoms with Crippen molar-refractivity contribution in [2.75, 3.05) is 5.75 Å². The number of nitrogens with zero attached hydrogens (tertiary/aromatic N) is 2. The molecular weight excluding hydrogens is 390 g/mol. The monoisotopic (exact) mass is 407 g/mol. The molecule has 0 aliphatic rings. The number of thioether (sulfide) groups is 1. The third kappa shape index (κ3) is 5.33. The number of rotatable bonds is 9. The number of benzene rings is 1. The van der Waals surface area contributed by atoms with Gasteiger partial charge in [0.25, 0.3) is 0 Å². The van der Waals surface area contributed by atoms with E-state index in [1.807, 2.05) is 42.6 Å². The summed E-state index contributed by atoms with van der Waals surface area (Å²) in [5.74, 6) is 2.40. The van der Waals surface area contributed by atoms with Gasteiger partial charge in [-0.1, -0.05) is 29.4 Å². The number of carbonyl (C=O) groups is 1. The van der Waals surface area contributed by atoms with Crippen LogP contribution in [0, 0.1) is 6.92 Å². The van der Waals surface area contributed by atoms with E-state index in [0.29, 0.717) is 29.0 Å². The Morgan fingerprint density at radius 3 is 3.04 bits per heavy atom. The summed E-state index contributed by atoms with van der Waals surface area (Å²) in [6.45, 7) is 2.24. The van der Waals surface area contributed by atoms with Gasteiger partial charge in [0.1, 0.15) is 12.4 Å². The van der Waals surface area contributed by atoms with E-state index >= 15 is 0 Å². The first-order valence-corrected chi connectivity index (χ1v) is 10.4. The highest BCUT2D eigenvalue weighted by atomic mass is 35.5. The lowest BCUT2D eigenvalue weighted by Gasteiger charge is -2.05. The second-order valence-corrected chi connectivity index (χ2v) is 8.03. The van der Waals surface area contributed by atoms with Crippen LogP contribution < -0.4 is 4.74 Å². The summed E-state index contributed by atoms with van der Waals surface area (Å²) in [4.78, 5) is 17.1. The van der Waals surface area contributed by atoms with E-state index in [1.54, 1.807) is 0 Å². The van der Waals surface area contributed by atoms with Crippen molar-refractivity contribution in [1.82, 2.24) is 15.2 Å². The third-order valence-electron chi connectivity index (χ3n) is 3.59. The number of ketones is 1. The summed E-state index contributed by atoms with van der Waals surface area (Å²) >= 11 is 9.02. The summed E-state index contributed by atoms with van der Waals surface area (Å²) < 4.78 is 5.69. The fourth-order valence-electron chi connectivity index (χ4n) is 2.22. The maximum atomic E-state index is 11.9. The first-order valence-electron chi connectivity index (χ1n) is 8.11. The van der Waals surface area contributed by atoms with Crippen LogP contribution in [0.2, 0.25) is 5.02 Å². The number of aromatic nitrogens is 3. The average molecular weight is 408 g/mol. The molecule has 0 fully saturated rings. The summed E-state index contributed by atoms with van der Waals surface area (Å²) in [5, 5.41) is 10.3. The van der Waals surface area contributed by atoms with E-state index in [-0.39, 0.29) is 5.78 Å². The van der Waals surface area contributed by atoms with Crippen molar-refractivity contribution in [2.24, 2.45) is 0 Å². The zero-order valence-electron chi connectivity index (χ0n) is 14.2. The minimum absolute atomic E-state index is 0.197. The predicted octanol–water partition coefficient (Wildman–Crippen LogP) is 5.16. The number of Topliss-reactive ketones (excluding diaryl/α,β-unsaturated/α-hetero) is 1. The third-order valence-corrected chi connectivity index (χ3v) is 5.86. The fraction of sp³-hybridized carbons (Fsp3) is 0.278. The van der Waals surface area contributed by atoms with Crippen LogP contribution in [-0.4, -0.2) is 26.7 Å². The number of nitrogens with one attached hydrogen (secondary N) is 1. The van der Waals surface area contributed by atoms with E-state index in [0.717, 1.165) is 28.4 Å². The first-order chi connectivity index (χ1) is 12.6. The van der Waals surface area contributed by atoms with Crippen LogP contribution in [-0.2, 0) is 6.61 Å². The number of hydrogen-bond acceptors (Lipinski definition) is 6. The molecule has 0 aliphatic heterocycles. The molecule has 3 aromatic rings. The van der Waals surface area contributed by atoms with Crippen LogP contribution in [0.15, 0.2) is 40.9 Å². The number of carbonyl (C=O) groups excluding carboxylic acids is 1. The summed E-state index contributed by atoms with van der Waals surface area (Å²) in [6, 6.07) is 9.29. The highest BCUT2D eigenvalue weighted by Crippen LogP contribution is 2.22. The van der Waals surface area contributed by atoms with Gasteiger partial charge in [-0.3, -0.25) is 9.89 Å². The molecule has 26 heavy (non-hydrogen) atoms. The van der Waals surface area contributed by atoms with Crippen LogP contribution in [0.4, 0.5) is 0 Å². The van der Waals surface area contributed by atoms with Crippen LogP contribution in [0.3, 0.4) is 0 Å². The topological polar surface area (TPSA) is 67.9 Å². The molecule has 1 N–H and O–H groups in total. The molecule has 2 heterocycles. The van der Waals surface area contributed by atoms with Crippen molar-refractivity contribution in [1.29, 1.82) is 0 Å². The van der Waals surface area contributed by atoms with Crippen LogP contribution in [0.25, 0.3) is 0 Å². The van der Waals surface area contributed by atoms with E-state index in [2.05, 4.69) is 15.2 Å². The van der Waals surface area contributed by atoms with Crippen molar-refractivity contribution in [2.45, 2.75) is 31.5 Å². The molecule has 136 valence electrons. The summed E-state index contributed by atoms with van der Waals surface area (Å²) in [5.41, 5.74) is 0.968. The standard InChI is InChI=1S/C18H18ClN3O2S2/c1-12-10-13(6-7-14(12)19)24-11-17-20-18(22-21-17)26-9-2-4-15(23)16-5-3-8-25-16/h3,5-8,10H,2,4,9,11H2,1H3,(H,20,21,22). The van der Waals surface area contributed by atoms with Gasteiger partial charge in [-0.2, -0.15) is 0 Å². The second-order valence-electron chi connectivity index (χ2n) is 5.62. The summed E-state index contributed by atoms with van der Waals surface area (Å²) in [7, 11) is 0. The normalized spacial score (nSPS) is 10.8. The number of aromatic amines is 1. The fourth-order valence-corrected chi connectivity index (χ4v) is 3.79. The molecule has 0 aliphatic carbocycles. The summed E-state index contributed by atoms with van der Waals surface area (Å²) in [6.07, 6.45) is 1.34. The number of hydrogen-bond donors (Lipinski definition) is 1. The minimum Gasteiger partial charge on any atom is -0.486 e. The van der Waals surface area contributed by atoms with Gasteiger partial charge in [0, 0.05) is 17.2 Å². The Morgan fingerprint density at radius 2 is 2.27 bits per heavy atom. The Hall–Kier alpha value is -1.83. The molecule has 8 heteroatoms. The smallest absolute Gasteiger partial charge is 0.208 e. The molecule has 0 saturated heterocycles. The molecule has 0 atom stereocenters. The molecular formula is C18H18ClN3O2S2. The number of aryl methyl sites for hydroxylation is 1. The maximum absolute atomic E-state index is 11.9. The van der Waals surface area contributed by atoms with Gasteiger partial charge >= 0.3 is 0 Å². The number of halogens is 1. The van der Waals surface area contributed by atoms with E-state index in [4.69, 9.17) is 16.3 Å². The van der Waals surface area contributed by atoms with Gasteiger partial charge < -0.3 is 4.74 Å². The van der Waals surface area contributed by atoms with Gasteiger partial charge in [-0.25, -0.2) is 4.98 Å². The zero-order valence-corrected chi connectivity index (χ0v) is 16.6. The van der Waals surface area contributed by atoms with Crippen LogP contribution in [0.1, 0.15) is 33.9 Å². The van der Waals surface area contributed by atoms with Crippen molar-refractivity contribution < 1.29 is 9.53 Å². The Kier molecular flexibility index (Phi) is 6.71. The molecule has 0 bridgehead atoms. The predicted molar refractivity (Wildman–Crippen MR) is 106 cm³/mol. The lowest BCUT2D eigenvalue weighted by Crippen LogP contribution is -1.98. The van der Waals surface area contributed by atoms with Gasteiger partial charge in [0.2, 0.25) is 5.16 Å². The lowest BCUT2D eigenvalue weighted by atomic mass is 10.2. The highest BCUT2D eigenvalue weighted by molar-refractivity contribution is 7.99. The van der Waals surface area contributed by atoms with Gasteiger partial charge in [0.05, 0.1) is 4.88 Å². The molecule has 1 aromatic carbocycles. The molecule has 0 unspecified atom stereocenters. The van der Waals surface area contributed by atoms with Crippen molar-refractivity contribution in [3.8, 4) is 5.75 Å². The number of thiophene rings is 1. The van der Waals surface area contributed by atoms with Gasteiger partial charge in [-0.15, -0.1) is 16.4 Å². The van der Waals surface area contributed by atoms with E-state index < -0.39 is 0 Å².